The number of β-lactam (4-membered cyclic amide) rings is 1. The van der Waals surface area contributed by atoms with Gasteiger partial charge < -0.3 is 9.74 Å². The molecule has 0 aromatic rings. The molecular weight excluding hydrogens is 278 g/mol. The van der Waals surface area contributed by atoms with Gasteiger partial charge in [0.15, 0.2) is 8.32 Å². The maximum absolute atomic E-state index is 12.1. The highest BCUT2D eigenvalue weighted by Crippen LogP contribution is 2.40. The molecule has 120 valence electrons. The number of hydrogen-bond acceptors (Lipinski definition) is 2. The summed E-state index contributed by atoms with van der Waals surface area (Å²) in [5, 5.41) is 3.30. The first-order valence-corrected chi connectivity index (χ1v) is 11.2. The van der Waals surface area contributed by atoms with E-state index in [0.717, 1.165) is 0 Å². The molecule has 2 aliphatic rings. The van der Waals surface area contributed by atoms with Crippen LogP contribution in [0.25, 0.3) is 0 Å². The normalized spacial score (nSPS) is 31.5. The minimum Gasteiger partial charge on any atom is -0.413 e. The van der Waals surface area contributed by atoms with E-state index in [2.05, 4.69) is 58.3 Å². The highest BCUT2D eigenvalue weighted by Gasteiger charge is 2.49. The lowest BCUT2D eigenvalue weighted by Crippen LogP contribution is -2.66. The van der Waals surface area contributed by atoms with Crippen LogP contribution in [0.5, 0.6) is 0 Å². The molecule has 0 radical (unpaired) electrons. The fourth-order valence-electron chi connectivity index (χ4n) is 3.15. The number of rotatable bonds is 4. The fourth-order valence-corrected chi connectivity index (χ4v) is 4.58. The van der Waals surface area contributed by atoms with Crippen LogP contribution in [0.3, 0.4) is 0 Å². The topological polar surface area (TPSA) is 38.3 Å². The van der Waals surface area contributed by atoms with E-state index in [1.54, 1.807) is 0 Å². The summed E-state index contributed by atoms with van der Waals surface area (Å²) in [5.41, 5.74) is 0. The number of amides is 1. The Morgan fingerprint density at radius 3 is 2.52 bits per heavy atom. The van der Waals surface area contributed by atoms with E-state index in [1.807, 2.05) is 0 Å². The summed E-state index contributed by atoms with van der Waals surface area (Å²) in [6.45, 7) is 13.3. The molecule has 1 heterocycles. The average molecular weight is 310 g/mol. The number of nitrogens with one attached hydrogen (secondary N) is 1. The third-order valence-corrected chi connectivity index (χ3v) is 10.1. The second kappa shape index (κ2) is 5.88. The van der Waals surface area contributed by atoms with E-state index in [9.17, 15) is 4.79 Å². The average Bonchev–Trinajstić information content (AvgIpc) is 2.34. The van der Waals surface area contributed by atoms with E-state index in [0.29, 0.717) is 5.92 Å². The molecule has 4 heteroatoms. The van der Waals surface area contributed by atoms with Gasteiger partial charge in [0.1, 0.15) is 0 Å². The van der Waals surface area contributed by atoms with Crippen molar-refractivity contribution in [3.8, 4) is 0 Å². The summed E-state index contributed by atoms with van der Waals surface area (Å²) >= 11 is 0. The molecule has 0 unspecified atom stereocenters. The molecule has 3 nitrogen and oxygen atoms in total. The van der Waals surface area contributed by atoms with Gasteiger partial charge >= 0.3 is 0 Å². The van der Waals surface area contributed by atoms with Crippen molar-refractivity contribution in [1.82, 2.24) is 5.32 Å². The Balaban J connectivity index is 2.03. The van der Waals surface area contributed by atoms with E-state index >= 15 is 0 Å². The molecule has 0 bridgehead atoms. The molecule has 0 saturated carbocycles. The molecule has 2 rings (SSSR count). The highest BCUT2D eigenvalue weighted by molar-refractivity contribution is 6.74. The van der Waals surface area contributed by atoms with Crippen LogP contribution in [0.4, 0.5) is 0 Å². The SMILES string of the molecule is C[C@@H](O[Si](C)(C)C(C)(C)C)[C@H]1C(=O)N[C@@H]1[C@H]1C=CCCC1. The molecule has 4 atom stereocenters. The van der Waals surface area contributed by atoms with Crippen LogP contribution in [-0.2, 0) is 9.22 Å². The van der Waals surface area contributed by atoms with Crippen molar-refractivity contribution in [3.63, 3.8) is 0 Å². The van der Waals surface area contributed by atoms with Crippen LogP contribution < -0.4 is 5.32 Å². The summed E-state index contributed by atoms with van der Waals surface area (Å²) in [5.74, 6) is 0.684. The first-order chi connectivity index (χ1) is 9.63. The highest BCUT2D eigenvalue weighted by atomic mass is 28.4. The second-order valence-corrected chi connectivity index (χ2v) is 12.9. The quantitative estimate of drug-likeness (QED) is 0.486. The Morgan fingerprint density at radius 2 is 2.05 bits per heavy atom. The van der Waals surface area contributed by atoms with Gasteiger partial charge in [0.2, 0.25) is 5.91 Å². The number of carbonyl (C=O) groups is 1. The predicted molar refractivity (Wildman–Crippen MR) is 89.6 cm³/mol. The van der Waals surface area contributed by atoms with Crippen molar-refractivity contribution in [2.75, 3.05) is 0 Å². The van der Waals surface area contributed by atoms with Crippen molar-refractivity contribution < 1.29 is 9.22 Å². The smallest absolute Gasteiger partial charge is 0.228 e. The maximum atomic E-state index is 12.1. The van der Waals surface area contributed by atoms with Crippen LogP contribution in [0, 0.1) is 11.8 Å². The molecule has 1 fully saturated rings. The minimum absolute atomic E-state index is 0.0139. The van der Waals surface area contributed by atoms with Gasteiger partial charge in [-0.25, -0.2) is 0 Å². The summed E-state index contributed by atoms with van der Waals surface area (Å²) in [6, 6.07) is 0.272. The largest absolute Gasteiger partial charge is 0.413 e. The van der Waals surface area contributed by atoms with Crippen molar-refractivity contribution >= 4 is 14.2 Å². The van der Waals surface area contributed by atoms with Crippen LogP contribution in [0.15, 0.2) is 12.2 Å². The standard InChI is InChI=1S/C17H31NO2Si/c1-12(20-21(5,6)17(2,3)4)14-15(18-16(14)19)13-10-8-7-9-11-13/h8,10,12-15H,7,9,11H2,1-6H3,(H,18,19)/t12-,13+,14-,15-/m1/s1. The lowest BCUT2D eigenvalue weighted by atomic mass is 9.75. The summed E-state index contributed by atoms with van der Waals surface area (Å²) in [7, 11) is -1.82. The van der Waals surface area contributed by atoms with Crippen molar-refractivity contribution in [3.05, 3.63) is 12.2 Å². The van der Waals surface area contributed by atoms with Gasteiger partial charge in [0.25, 0.3) is 0 Å². The number of carbonyl (C=O) groups excluding carboxylic acids is 1. The summed E-state index contributed by atoms with van der Waals surface area (Å²) in [6.07, 6.45) is 8.16. The zero-order valence-electron chi connectivity index (χ0n) is 14.4. The Labute approximate surface area is 130 Å². The third-order valence-electron chi connectivity index (χ3n) is 5.54. The van der Waals surface area contributed by atoms with Gasteiger partial charge in [-0.05, 0) is 50.2 Å². The molecule has 1 aliphatic heterocycles. The number of hydrogen-bond donors (Lipinski definition) is 1. The van der Waals surface area contributed by atoms with Crippen LogP contribution in [0.2, 0.25) is 18.1 Å². The molecule has 21 heavy (non-hydrogen) atoms. The predicted octanol–water partition coefficient (Wildman–Crippen LogP) is 3.87. The van der Waals surface area contributed by atoms with E-state index in [1.165, 1.54) is 19.3 Å². The van der Waals surface area contributed by atoms with Crippen molar-refractivity contribution in [2.45, 2.75) is 77.2 Å². The van der Waals surface area contributed by atoms with E-state index < -0.39 is 8.32 Å². The van der Waals surface area contributed by atoms with Gasteiger partial charge in [-0.3, -0.25) is 4.79 Å². The monoisotopic (exact) mass is 309 g/mol. The van der Waals surface area contributed by atoms with E-state index in [-0.39, 0.29) is 29.0 Å². The van der Waals surface area contributed by atoms with Gasteiger partial charge in [-0.1, -0.05) is 32.9 Å². The Kier molecular flexibility index (Phi) is 4.69. The van der Waals surface area contributed by atoms with Gasteiger partial charge in [-0.15, -0.1) is 0 Å². The Morgan fingerprint density at radius 1 is 1.38 bits per heavy atom. The molecular formula is C17H31NO2Si. The molecule has 0 spiro atoms. The molecule has 1 saturated heterocycles. The van der Waals surface area contributed by atoms with Crippen LogP contribution in [-0.4, -0.2) is 26.4 Å². The third kappa shape index (κ3) is 3.42. The first kappa shape index (κ1) is 16.8. The molecule has 0 aromatic carbocycles. The van der Waals surface area contributed by atoms with Crippen molar-refractivity contribution in [1.29, 1.82) is 0 Å². The Hall–Kier alpha value is -0.613. The lowest BCUT2D eigenvalue weighted by Gasteiger charge is -2.47. The molecule has 0 aromatic heterocycles. The molecule has 1 amide bonds. The zero-order chi connectivity index (χ0) is 15.8. The first-order valence-electron chi connectivity index (χ1n) is 8.28. The Bertz CT molecular complexity index is 425. The maximum Gasteiger partial charge on any atom is 0.228 e. The van der Waals surface area contributed by atoms with Gasteiger partial charge in [0, 0.05) is 6.04 Å². The fraction of sp³-hybridized carbons (Fsp3) is 0.824. The molecule has 1 N–H and O–H groups in total. The summed E-state index contributed by atoms with van der Waals surface area (Å²) < 4.78 is 6.45. The minimum atomic E-state index is -1.82. The van der Waals surface area contributed by atoms with Crippen LogP contribution in [0.1, 0.15) is 47.0 Å². The molecule has 1 aliphatic carbocycles. The zero-order valence-corrected chi connectivity index (χ0v) is 15.4. The lowest BCUT2D eigenvalue weighted by molar-refractivity contribution is -0.141. The van der Waals surface area contributed by atoms with Gasteiger partial charge in [0.05, 0.1) is 12.0 Å². The van der Waals surface area contributed by atoms with Gasteiger partial charge in [-0.2, -0.15) is 0 Å². The van der Waals surface area contributed by atoms with Crippen LogP contribution >= 0.6 is 0 Å². The van der Waals surface area contributed by atoms with Crippen molar-refractivity contribution in [2.24, 2.45) is 11.8 Å². The number of allylic oxidation sites excluding steroid dienone is 1. The second-order valence-electron chi connectivity index (χ2n) is 8.17. The summed E-state index contributed by atoms with van der Waals surface area (Å²) in [4.78, 5) is 12.1. The van der Waals surface area contributed by atoms with E-state index in [4.69, 9.17) is 4.43 Å².